The zero-order valence-electron chi connectivity index (χ0n) is 14.3. The fourth-order valence-corrected chi connectivity index (χ4v) is 2.99. The normalized spacial score (nSPS) is 13.6. The molecule has 0 aliphatic carbocycles. The van der Waals surface area contributed by atoms with Gasteiger partial charge in [0.05, 0.1) is 14.2 Å². The van der Waals surface area contributed by atoms with Gasteiger partial charge in [-0.25, -0.2) is 0 Å². The van der Waals surface area contributed by atoms with E-state index < -0.39 is 0 Å². The number of likely N-dealkylation sites (N-methyl/N-ethyl adjacent to an activating group) is 1. The minimum absolute atomic E-state index is 0.129. The standard InChI is InChI=1S/C20H22N2O2/c1-14(22(2)13-15-7-6-8-16(11-15)24-3)20(23)18-12-21-19-10-5-4-9-17(18)19/h4-12,14,21H,13H2,1-3H3/p+1/t14-/m1/s1. The molecule has 3 rings (SSSR count). The second-order valence-electron chi connectivity index (χ2n) is 6.21. The van der Waals surface area contributed by atoms with Gasteiger partial charge >= 0.3 is 0 Å². The number of ketones is 1. The van der Waals surface area contributed by atoms with Crippen LogP contribution in [0.2, 0.25) is 0 Å². The number of hydrogen-bond acceptors (Lipinski definition) is 2. The minimum atomic E-state index is -0.129. The Balaban J connectivity index is 1.77. The number of nitrogens with one attached hydrogen (secondary N) is 2. The summed E-state index contributed by atoms with van der Waals surface area (Å²) in [5.74, 6) is 1.00. The second-order valence-corrected chi connectivity index (χ2v) is 6.21. The molecule has 1 unspecified atom stereocenters. The van der Waals surface area contributed by atoms with Crippen molar-refractivity contribution in [1.29, 1.82) is 0 Å². The van der Waals surface area contributed by atoms with Gasteiger partial charge in [-0.2, -0.15) is 0 Å². The van der Waals surface area contributed by atoms with Gasteiger partial charge in [-0.3, -0.25) is 4.79 Å². The molecule has 0 spiro atoms. The van der Waals surface area contributed by atoms with E-state index in [1.54, 1.807) is 7.11 Å². The maximum absolute atomic E-state index is 12.9. The summed E-state index contributed by atoms with van der Waals surface area (Å²) in [7, 11) is 3.72. The summed E-state index contributed by atoms with van der Waals surface area (Å²) in [6.45, 7) is 2.76. The molecule has 4 nitrogen and oxygen atoms in total. The highest BCUT2D eigenvalue weighted by atomic mass is 16.5. The van der Waals surface area contributed by atoms with Gasteiger partial charge in [-0.05, 0) is 25.1 Å². The van der Waals surface area contributed by atoms with Gasteiger partial charge in [0.2, 0.25) is 5.78 Å². The molecule has 2 aromatic carbocycles. The van der Waals surface area contributed by atoms with E-state index in [0.29, 0.717) is 0 Å². The molecule has 2 atom stereocenters. The number of aromatic amines is 1. The lowest BCUT2D eigenvalue weighted by Gasteiger charge is -2.20. The van der Waals surface area contributed by atoms with Crippen LogP contribution in [-0.2, 0) is 6.54 Å². The third-order valence-electron chi connectivity index (χ3n) is 4.60. The molecule has 1 heterocycles. The van der Waals surface area contributed by atoms with E-state index in [1.165, 1.54) is 0 Å². The SMILES string of the molecule is COc1cccc(C[NH+](C)[C@H](C)C(=O)c2c[nH]c3ccccc23)c1. The van der Waals surface area contributed by atoms with Gasteiger partial charge < -0.3 is 14.6 Å². The number of hydrogen-bond donors (Lipinski definition) is 2. The molecule has 0 aliphatic heterocycles. The van der Waals surface area contributed by atoms with E-state index in [9.17, 15) is 4.79 Å². The summed E-state index contributed by atoms with van der Waals surface area (Å²) < 4.78 is 5.27. The van der Waals surface area contributed by atoms with Crippen molar-refractivity contribution in [3.63, 3.8) is 0 Å². The van der Waals surface area contributed by atoms with Crippen molar-refractivity contribution in [2.24, 2.45) is 0 Å². The topological polar surface area (TPSA) is 46.5 Å². The van der Waals surface area contributed by atoms with Crippen LogP contribution in [0.5, 0.6) is 5.75 Å². The average molecular weight is 323 g/mol. The number of carbonyl (C=O) groups excluding carboxylic acids is 1. The van der Waals surface area contributed by atoms with Crippen molar-refractivity contribution >= 4 is 16.7 Å². The zero-order chi connectivity index (χ0) is 17.1. The fourth-order valence-electron chi connectivity index (χ4n) is 2.99. The summed E-state index contributed by atoms with van der Waals surface area (Å²) in [5.41, 5.74) is 2.92. The molecule has 0 saturated carbocycles. The first-order chi connectivity index (χ1) is 11.6. The van der Waals surface area contributed by atoms with Crippen molar-refractivity contribution in [2.75, 3.05) is 14.2 Å². The molecule has 0 radical (unpaired) electrons. The first-order valence-electron chi connectivity index (χ1n) is 8.15. The molecule has 1 aromatic heterocycles. The quantitative estimate of drug-likeness (QED) is 0.685. The number of Topliss-reactive ketones (excluding diaryl/α,β-unsaturated/α-hetero) is 1. The van der Waals surface area contributed by atoms with Gasteiger partial charge in [-0.15, -0.1) is 0 Å². The van der Waals surface area contributed by atoms with E-state index in [-0.39, 0.29) is 11.8 Å². The molecule has 4 heteroatoms. The molecule has 0 fully saturated rings. The lowest BCUT2D eigenvalue weighted by molar-refractivity contribution is -0.907. The van der Waals surface area contributed by atoms with E-state index >= 15 is 0 Å². The Labute approximate surface area is 142 Å². The summed E-state index contributed by atoms with van der Waals surface area (Å²) >= 11 is 0. The van der Waals surface area contributed by atoms with Gasteiger partial charge in [0, 0.05) is 28.2 Å². The molecule has 0 saturated heterocycles. The number of methoxy groups -OCH3 is 1. The Hall–Kier alpha value is -2.59. The van der Waals surface area contributed by atoms with Crippen LogP contribution in [0.25, 0.3) is 10.9 Å². The summed E-state index contributed by atoms with van der Waals surface area (Å²) in [6.07, 6.45) is 1.82. The van der Waals surface area contributed by atoms with Crippen LogP contribution in [0.3, 0.4) is 0 Å². The van der Waals surface area contributed by atoms with Crippen LogP contribution in [0, 0.1) is 0 Å². The smallest absolute Gasteiger partial charge is 0.221 e. The zero-order valence-corrected chi connectivity index (χ0v) is 14.3. The molecule has 3 aromatic rings. The Morgan fingerprint density at radius 2 is 2.00 bits per heavy atom. The monoisotopic (exact) mass is 323 g/mol. The van der Waals surface area contributed by atoms with Crippen LogP contribution in [0.1, 0.15) is 22.8 Å². The third kappa shape index (κ3) is 3.19. The number of quaternary nitrogens is 1. The van der Waals surface area contributed by atoms with E-state index in [4.69, 9.17) is 4.74 Å². The summed E-state index contributed by atoms with van der Waals surface area (Å²) in [5, 5.41) is 0.989. The summed E-state index contributed by atoms with van der Waals surface area (Å²) in [4.78, 5) is 17.2. The number of carbonyl (C=O) groups is 1. The van der Waals surface area contributed by atoms with Crippen molar-refractivity contribution in [3.05, 3.63) is 65.9 Å². The van der Waals surface area contributed by atoms with E-state index in [2.05, 4.69) is 18.1 Å². The number of benzene rings is 2. The maximum atomic E-state index is 12.9. The first kappa shape index (κ1) is 16.3. The highest BCUT2D eigenvalue weighted by Crippen LogP contribution is 2.19. The number of para-hydroxylation sites is 1. The largest absolute Gasteiger partial charge is 0.497 e. The highest BCUT2D eigenvalue weighted by molar-refractivity contribution is 6.09. The maximum Gasteiger partial charge on any atom is 0.221 e. The highest BCUT2D eigenvalue weighted by Gasteiger charge is 2.25. The third-order valence-corrected chi connectivity index (χ3v) is 4.60. The first-order valence-corrected chi connectivity index (χ1v) is 8.15. The van der Waals surface area contributed by atoms with Crippen LogP contribution in [0.4, 0.5) is 0 Å². The van der Waals surface area contributed by atoms with E-state index in [1.807, 2.05) is 55.6 Å². The summed E-state index contributed by atoms with van der Waals surface area (Å²) in [6, 6.07) is 15.8. The van der Waals surface area contributed by atoms with Crippen molar-refractivity contribution < 1.29 is 14.4 Å². The average Bonchev–Trinajstić information content (AvgIpc) is 3.04. The minimum Gasteiger partial charge on any atom is -0.497 e. The Morgan fingerprint density at radius 1 is 1.21 bits per heavy atom. The van der Waals surface area contributed by atoms with Crippen molar-refractivity contribution in [3.8, 4) is 5.75 Å². The van der Waals surface area contributed by atoms with Crippen LogP contribution in [0.15, 0.2) is 54.7 Å². The number of aromatic nitrogens is 1. The van der Waals surface area contributed by atoms with E-state index in [0.717, 1.165) is 39.2 Å². The van der Waals surface area contributed by atoms with Gasteiger partial charge in [0.25, 0.3) is 0 Å². The number of fused-ring (bicyclic) bond motifs is 1. The number of ether oxygens (including phenoxy) is 1. The molecule has 124 valence electrons. The molecule has 0 aliphatic rings. The Bertz CT molecular complexity index is 853. The predicted octanol–water partition coefficient (Wildman–Crippen LogP) is 2.46. The fraction of sp³-hybridized carbons (Fsp3) is 0.250. The lowest BCUT2D eigenvalue weighted by atomic mass is 10.0. The van der Waals surface area contributed by atoms with Gasteiger partial charge in [0.1, 0.15) is 18.3 Å². The molecular weight excluding hydrogens is 300 g/mol. The van der Waals surface area contributed by atoms with Crippen LogP contribution in [-0.4, -0.2) is 31.0 Å². The molecular formula is C20H23N2O2+. The van der Waals surface area contributed by atoms with Crippen molar-refractivity contribution in [1.82, 2.24) is 4.98 Å². The molecule has 2 N–H and O–H groups in total. The van der Waals surface area contributed by atoms with Gasteiger partial charge in [0.15, 0.2) is 0 Å². The lowest BCUT2D eigenvalue weighted by Crippen LogP contribution is -3.12. The number of H-pyrrole nitrogens is 1. The second kappa shape index (κ2) is 6.89. The Kier molecular flexibility index (Phi) is 4.67. The Morgan fingerprint density at radius 3 is 2.79 bits per heavy atom. The molecule has 0 bridgehead atoms. The number of rotatable bonds is 6. The van der Waals surface area contributed by atoms with Crippen molar-refractivity contribution in [2.45, 2.75) is 19.5 Å². The predicted molar refractivity (Wildman–Crippen MR) is 95.7 cm³/mol. The molecule has 24 heavy (non-hydrogen) atoms. The van der Waals surface area contributed by atoms with Crippen LogP contribution >= 0.6 is 0 Å². The van der Waals surface area contributed by atoms with Gasteiger partial charge in [-0.1, -0.05) is 30.3 Å². The van der Waals surface area contributed by atoms with Crippen LogP contribution < -0.4 is 9.64 Å². The molecule has 0 amide bonds.